The molecule has 10 rings (SSSR count). The molecule has 0 saturated heterocycles. The Morgan fingerprint density at radius 2 is 1.16 bits per heavy atom. The van der Waals surface area contributed by atoms with Gasteiger partial charge in [0.25, 0.3) is 0 Å². The molecule has 0 N–H and O–H groups in total. The lowest BCUT2D eigenvalue weighted by molar-refractivity contribution is 0.550. The van der Waals surface area contributed by atoms with Crippen molar-refractivity contribution in [2.45, 2.75) is 109 Å². The van der Waals surface area contributed by atoms with Crippen molar-refractivity contribution in [1.82, 2.24) is 0 Å². The van der Waals surface area contributed by atoms with Crippen molar-refractivity contribution in [3.05, 3.63) is 149 Å². The molecule has 1 spiro atoms. The maximum Gasteiger partial charge on any atom is 0.159 e. The minimum absolute atomic E-state index is 0.0129. The summed E-state index contributed by atoms with van der Waals surface area (Å²) in [7, 11) is 0. The number of aryl methyl sites for hydroxylation is 2. The van der Waals surface area contributed by atoms with Crippen LogP contribution in [0.2, 0.25) is 0 Å². The highest BCUT2D eigenvalue weighted by Gasteiger charge is 2.45. The monoisotopic (exact) mass is 719 g/mol. The molecule has 3 aliphatic carbocycles. The predicted octanol–water partition coefficient (Wildman–Crippen LogP) is 15.0. The third-order valence-corrected chi connectivity index (χ3v) is 13.3. The Morgan fingerprint density at radius 1 is 0.509 bits per heavy atom. The van der Waals surface area contributed by atoms with E-state index in [9.17, 15) is 0 Å². The summed E-state index contributed by atoms with van der Waals surface area (Å²) in [6.45, 7) is 13.9. The highest BCUT2D eigenvalue weighted by atomic mass is 16.3. The molecule has 3 aliphatic rings. The van der Waals surface area contributed by atoms with Gasteiger partial charge in [-0.25, -0.2) is 0 Å². The second kappa shape index (κ2) is 12.5. The van der Waals surface area contributed by atoms with Gasteiger partial charge in [0.2, 0.25) is 0 Å². The highest BCUT2D eigenvalue weighted by Crippen LogP contribution is 2.58. The minimum atomic E-state index is -0.0795. The molecule has 2 heteroatoms. The summed E-state index contributed by atoms with van der Waals surface area (Å²) >= 11 is 0. The second-order valence-electron chi connectivity index (χ2n) is 18.8. The van der Waals surface area contributed by atoms with Crippen LogP contribution in [0.15, 0.2) is 120 Å². The van der Waals surface area contributed by atoms with E-state index in [4.69, 9.17) is 4.42 Å². The van der Waals surface area contributed by atoms with Crippen molar-refractivity contribution < 1.29 is 4.42 Å². The number of hydrogen-bond donors (Lipinski definition) is 0. The zero-order chi connectivity index (χ0) is 37.7. The van der Waals surface area contributed by atoms with E-state index < -0.39 is 0 Å². The molecule has 55 heavy (non-hydrogen) atoms. The quantitative estimate of drug-likeness (QED) is 0.181. The molecule has 1 heterocycles. The smallest absolute Gasteiger partial charge is 0.159 e. The van der Waals surface area contributed by atoms with Crippen LogP contribution in [-0.4, -0.2) is 0 Å². The van der Waals surface area contributed by atoms with Crippen LogP contribution < -0.4 is 4.90 Å². The Morgan fingerprint density at radius 3 is 1.93 bits per heavy atom. The number of anilines is 3. The van der Waals surface area contributed by atoms with E-state index in [-0.39, 0.29) is 16.2 Å². The predicted molar refractivity (Wildman–Crippen MR) is 233 cm³/mol. The van der Waals surface area contributed by atoms with Crippen molar-refractivity contribution in [3.8, 4) is 22.3 Å². The van der Waals surface area contributed by atoms with Gasteiger partial charge in [0.1, 0.15) is 5.58 Å². The molecule has 6 aromatic carbocycles. The first-order valence-corrected chi connectivity index (χ1v) is 20.8. The van der Waals surface area contributed by atoms with Crippen molar-refractivity contribution in [1.29, 1.82) is 0 Å². The van der Waals surface area contributed by atoms with Crippen LogP contribution in [0.4, 0.5) is 17.1 Å². The normalized spacial score (nSPS) is 16.1. The van der Waals surface area contributed by atoms with Crippen molar-refractivity contribution in [2.24, 2.45) is 0 Å². The fourth-order valence-electron chi connectivity index (χ4n) is 10.4. The molecular formula is C53H53NO. The second-order valence-corrected chi connectivity index (χ2v) is 18.8. The topological polar surface area (TPSA) is 16.4 Å². The highest BCUT2D eigenvalue weighted by molar-refractivity contribution is 6.11. The number of nitrogens with zero attached hydrogens (tertiary/aromatic N) is 1. The zero-order valence-electron chi connectivity index (χ0n) is 33.5. The van der Waals surface area contributed by atoms with E-state index in [1.807, 2.05) is 0 Å². The first-order valence-electron chi connectivity index (χ1n) is 20.8. The Hall–Kier alpha value is -5.08. The third kappa shape index (κ3) is 5.42. The van der Waals surface area contributed by atoms with Crippen LogP contribution in [0.1, 0.15) is 113 Å². The fourth-order valence-corrected chi connectivity index (χ4v) is 10.4. The van der Waals surface area contributed by atoms with Gasteiger partial charge in [0.05, 0.1) is 5.69 Å². The Kier molecular flexibility index (Phi) is 7.80. The molecule has 1 fully saturated rings. The summed E-state index contributed by atoms with van der Waals surface area (Å²) in [5.41, 5.74) is 19.6. The van der Waals surface area contributed by atoms with Crippen molar-refractivity contribution in [2.75, 3.05) is 4.90 Å². The maximum atomic E-state index is 7.22. The van der Waals surface area contributed by atoms with Crippen molar-refractivity contribution >= 4 is 39.0 Å². The molecule has 7 aromatic rings. The summed E-state index contributed by atoms with van der Waals surface area (Å²) in [6, 6.07) is 44.4. The van der Waals surface area contributed by atoms with E-state index >= 15 is 0 Å². The summed E-state index contributed by atoms with van der Waals surface area (Å²) in [6.07, 6.45) is 9.60. The van der Waals surface area contributed by atoms with Gasteiger partial charge in [-0.15, -0.1) is 0 Å². The zero-order valence-corrected chi connectivity index (χ0v) is 33.5. The molecular weight excluding hydrogens is 667 g/mol. The van der Waals surface area contributed by atoms with Gasteiger partial charge < -0.3 is 9.32 Å². The summed E-state index contributed by atoms with van der Waals surface area (Å²) in [4.78, 5) is 2.52. The molecule has 1 saturated carbocycles. The van der Waals surface area contributed by atoms with E-state index in [1.54, 1.807) is 0 Å². The first-order chi connectivity index (χ1) is 26.5. The van der Waals surface area contributed by atoms with E-state index in [0.29, 0.717) is 0 Å². The molecule has 2 nitrogen and oxygen atoms in total. The largest absolute Gasteiger partial charge is 0.454 e. The lowest BCUT2D eigenvalue weighted by Gasteiger charge is -2.30. The Bertz CT molecular complexity index is 2630. The first kappa shape index (κ1) is 34.4. The fraction of sp³-hybridized carbons (Fsp3) is 0.321. The Balaban J connectivity index is 1.24. The van der Waals surface area contributed by atoms with Gasteiger partial charge >= 0.3 is 0 Å². The molecule has 0 amide bonds. The van der Waals surface area contributed by atoms with Gasteiger partial charge in [0.15, 0.2) is 5.58 Å². The van der Waals surface area contributed by atoms with Gasteiger partial charge in [-0.2, -0.15) is 0 Å². The standard InChI is InChI=1S/C53H53NO/c1-51(2,3)36-31-44-43-21-15-23-48(50(43)55-49(44)47(32-36)52(4,5)6)54(37-24-26-40-35(30-37)18-8-7-16-34-17-9-10-19-39(34)40)38-25-27-42-41-20-11-12-22-45(41)53(46(42)33-38)28-13-14-29-53/h9-12,15,17,19-27,30-33H,7-8,13-14,16,18,28-29H2,1-6H3. The van der Waals surface area contributed by atoms with E-state index in [1.165, 1.54) is 116 Å². The molecule has 1 aromatic heterocycles. The summed E-state index contributed by atoms with van der Waals surface area (Å²) < 4.78 is 7.22. The van der Waals surface area contributed by atoms with Crippen LogP contribution >= 0.6 is 0 Å². The maximum absolute atomic E-state index is 7.22. The SMILES string of the molecule is CC(C)(C)c1cc(C(C)(C)C)c2oc3c(N(c4ccc5c(c4)CCCCc4ccccc4-5)c4ccc5c(c4)C4(CCCC4)c4ccccc4-5)cccc3c2c1. The Labute approximate surface area is 327 Å². The average Bonchev–Trinajstić information content (AvgIpc) is 3.88. The molecule has 0 unspecified atom stereocenters. The van der Waals surface area contributed by atoms with Gasteiger partial charge in [-0.05, 0) is 136 Å². The van der Waals surface area contributed by atoms with Crippen molar-refractivity contribution in [3.63, 3.8) is 0 Å². The molecule has 0 atom stereocenters. The van der Waals surface area contributed by atoms with Crippen LogP contribution in [0.5, 0.6) is 0 Å². The lowest BCUT2D eigenvalue weighted by atomic mass is 9.76. The van der Waals surface area contributed by atoms with Crippen LogP contribution in [0.3, 0.4) is 0 Å². The van der Waals surface area contributed by atoms with Crippen LogP contribution in [0, 0.1) is 0 Å². The van der Waals surface area contributed by atoms with E-state index in [0.717, 1.165) is 29.7 Å². The third-order valence-electron chi connectivity index (χ3n) is 13.3. The lowest BCUT2D eigenvalue weighted by Crippen LogP contribution is -2.21. The summed E-state index contributed by atoms with van der Waals surface area (Å²) in [5.74, 6) is 0. The number of para-hydroxylation sites is 1. The van der Waals surface area contributed by atoms with Crippen LogP contribution in [-0.2, 0) is 29.1 Å². The summed E-state index contributed by atoms with van der Waals surface area (Å²) in [5, 5.41) is 2.38. The number of rotatable bonds is 3. The minimum Gasteiger partial charge on any atom is -0.454 e. The molecule has 276 valence electrons. The number of hydrogen-bond acceptors (Lipinski definition) is 2. The van der Waals surface area contributed by atoms with Crippen LogP contribution in [0.25, 0.3) is 44.2 Å². The number of furan rings is 1. The molecule has 0 radical (unpaired) electrons. The molecule has 0 bridgehead atoms. The van der Waals surface area contributed by atoms with Gasteiger partial charge in [-0.1, -0.05) is 133 Å². The van der Waals surface area contributed by atoms with Gasteiger partial charge in [0, 0.05) is 33.1 Å². The van der Waals surface area contributed by atoms with E-state index in [2.05, 4.69) is 162 Å². The average molecular weight is 720 g/mol. The number of benzene rings is 6. The molecule has 0 aliphatic heterocycles. The number of fused-ring (bicyclic) bond motifs is 11. The van der Waals surface area contributed by atoms with Gasteiger partial charge in [-0.3, -0.25) is 0 Å².